The Balaban J connectivity index is 1.54. The van der Waals surface area contributed by atoms with Crippen molar-refractivity contribution in [1.82, 2.24) is 15.1 Å². The molecule has 0 saturated heterocycles. The summed E-state index contributed by atoms with van der Waals surface area (Å²) in [5.41, 5.74) is 1.35. The van der Waals surface area contributed by atoms with Crippen molar-refractivity contribution in [1.29, 1.82) is 0 Å². The van der Waals surface area contributed by atoms with Crippen molar-refractivity contribution in [3.8, 4) is 0 Å². The number of urea groups is 1. The Bertz CT molecular complexity index is 677. The first-order valence-electron chi connectivity index (χ1n) is 7.59. The zero-order valence-corrected chi connectivity index (χ0v) is 12.8. The van der Waals surface area contributed by atoms with Crippen LogP contribution in [0.1, 0.15) is 25.8 Å². The Kier molecular flexibility index (Phi) is 4.27. The van der Waals surface area contributed by atoms with Crippen LogP contribution in [0.15, 0.2) is 42.7 Å². The summed E-state index contributed by atoms with van der Waals surface area (Å²) in [4.78, 5) is 23.8. The van der Waals surface area contributed by atoms with E-state index in [0.717, 1.165) is 12.8 Å². The van der Waals surface area contributed by atoms with E-state index in [1.165, 1.54) is 0 Å². The quantitative estimate of drug-likeness (QED) is 0.792. The molecular weight excluding hydrogens is 294 g/mol. The Morgan fingerprint density at radius 2 is 1.83 bits per heavy atom. The van der Waals surface area contributed by atoms with Gasteiger partial charge in [-0.1, -0.05) is 0 Å². The minimum atomic E-state index is -0.396. The highest BCUT2D eigenvalue weighted by atomic mass is 16.2. The molecule has 1 aromatic heterocycles. The molecule has 120 valence electrons. The first-order chi connectivity index (χ1) is 11.1. The number of hydrogen-bond donors (Lipinski definition) is 3. The van der Waals surface area contributed by atoms with Crippen LogP contribution in [0.2, 0.25) is 0 Å². The molecule has 1 aliphatic carbocycles. The third-order valence-corrected chi connectivity index (χ3v) is 3.62. The van der Waals surface area contributed by atoms with Crippen molar-refractivity contribution < 1.29 is 9.59 Å². The van der Waals surface area contributed by atoms with Gasteiger partial charge in [-0.25, -0.2) is 4.79 Å². The van der Waals surface area contributed by atoms with Gasteiger partial charge in [-0.2, -0.15) is 5.10 Å². The molecule has 0 spiro atoms. The van der Waals surface area contributed by atoms with Crippen LogP contribution in [-0.2, 0) is 4.79 Å². The summed E-state index contributed by atoms with van der Waals surface area (Å²) >= 11 is 0. The summed E-state index contributed by atoms with van der Waals surface area (Å²) < 4.78 is 1.59. The summed E-state index contributed by atoms with van der Waals surface area (Å²) in [6.07, 6.45) is 5.48. The van der Waals surface area contributed by atoms with Gasteiger partial charge in [0.1, 0.15) is 6.04 Å². The normalized spacial score (nSPS) is 14.8. The second-order valence-electron chi connectivity index (χ2n) is 5.60. The summed E-state index contributed by atoms with van der Waals surface area (Å²) in [5.74, 6) is -0.152. The van der Waals surface area contributed by atoms with Crippen LogP contribution in [-0.4, -0.2) is 27.8 Å². The third-order valence-electron chi connectivity index (χ3n) is 3.62. The van der Waals surface area contributed by atoms with Gasteiger partial charge in [-0.3, -0.25) is 9.48 Å². The van der Waals surface area contributed by atoms with Gasteiger partial charge in [0, 0.05) is 29.8 Å². The lowest BCUT2D eigenvalue weighted by molar-refractivity contribution is -0.119. The van der Waals surface area contributed by atoms with Gasteiger partial charge in [0.2, 0.25) is 5.91 Å². The highest BCUT2D eigenvalue weighted by Gasteiger charge is 2.23. The van der Waals surface area contributed by atoms with Crippen LogP contribution in [0.25, 0.3) is 0 Å². The molecule has 3 amide bonds. The molecule has 7 heteroatoms. The fraction of sp³-hybridized carbons (Fsp3) is 0.312. The Morgan fingerprint density at radius 3 is 2.39 bits per heavy atom. The molecule has 2 aromatic rings. The number of carbonyl (C=O) groups excluding carboxylic acids is 2. The molecule has 1 heterocycles. The largest absolute Gasteiger partial charge is 0.335 e. The van der Waals surface area contributed by atoms with Crippen LogP contribution in [0.3, 0.4) is 0 Å². The molecule has 1 fully saturated rings. The summed E-state index contributed by atoms with van der Waals surface area (Å²) in [5, 5.41) is 12.5. The highest BCUT2D eigenvalue weighted by Crippen LogP contribution is 2.19. The molecule has 1 aliphatic rings. The lowest BCUT2D eigenvalue weighted by Gasteiger charge is -2.13. The minimum absolute atomic E-state index is 0.152. The summed E-state index contributed by atoms with van der Waals surface area (Å²) in [7, 11) is 0. The molecular formula is C16H19N5O2. The van der Waals surface area contributed by atoms with E-state index in [2.05, 4.69) is 21.0 Å². The van der Waals surface area contributed by atoms with E-state index < -0.39 is 6.04 Å². The predicted molar refractivity (Wildman–Crippen MR) is 87.2 cm³/mol. The monoisotopic (exact) mass is 313 g/mol. The van der Waals surface area contributed by atoms with Gasteiger partial charge in [0.05, 0.1) is 0 Å². The molecule has 1 unspecified atom stereocenters. The molecule has 3 N–H and O–H groups in total. The van der Waals surface area contributed by atoms with E-state index in [1.807, 2.05) is 0 Å². The van der Waals surface area contributed by atoms with Crippen molar-refractivity contribution >= 4 is 23.3 Å². The van der Waals surface area contributed by atoms with Crippen LogP contribution < -0.4 is 16.0 Å². The fourth-order valence-corrected chi connectivity index (χ4v) is 2.09. The van der Waals surface area contributed by atoms with Crippen LogP contribution in [0, 0.1) is 0 Å². The van der Waals surface area contributed by atoms with E-state index >= 15 is 0 Å². The fourth-order valence-electron chi connectivity index (χ4n) is 2.09. The number of benzene rings is 1. The lowest BCUT2D eigenvalue weighted by atomic mass is 10.2. The highest BCUT2D eigenvalue weighted by molar-refractivity contribution is 5.94. The average molecular weight is 313 g/mol. The van der Waals surface area contributed by atoms with E-state index in [1.54, 1.807) is 54.3 Å². The van der Waals surface area contributed by atoms with E-state index in [9.17, 15) is 9.59 Å². The molecule has 1 atom stereocenters. The number of aromatic nitrogens is 2. The van der Waals surface area contributed by atoms with Crippen LogP contribution >= 0.6 is 0 Å². The first-order valence-corrected chi connectivity index (χ1v) is 7.59. The van der Waals surface area contributed by atoms with Crippen molar-refractivity contribution in [2.24, 2.45) is 0 Å². The number of carbonyl (C=O) groups is 2. The Labute approximate surface area is 134 Å². The number of rotatable bonds is 5. The third kappa shape index (κ3) is 4.09. The minimum Gasteiger partial charge on any atom is -0.335 e. The average Bonchev–Trinajstić information content (AvgIpc) is 3.17. The van der Waals surface area contributed by atoms with E-state index in [4.69, 9.17) is 0 Å². The second-order valence-corrected chi connectivity index (χ2v) is 5.60. The zero-order valence-electron chi connectivity index (χ0n) is 12.8. The molecule has 1 aromatic carbocycles. The van der Waals surface area contributed by atoms with Gasteiger partial charge >= 0.3 is 6.03 Å². The number of nitrogens with zero attached hydrogens (tertiary/aromatic N) is 2. The SMILES string of the molecule is CC(C(=O)Nc1ccc(NC(=O)NC2CC2)cc1)n1cccn1. The number of anilines is 2. The second kappa shape index (κ2) is 6.51. The van der Waals surface area contributed by atoms with E-state index in [-0.39, 0.29) is 11.9 Å². The van der Waals surface area contributed by atoms with Gasteiger partial charge in [-0.15, -0.1) is 0 Å². The van der Waals surface area contributed by atoms with Crippen molar-refractivity contribution in [3.05, 3.63) is 42.7 Å². The number of hydrogen-bond acceptors (Lipinski definition) is 3. The van der Waals surface area contributed by atoms with Crippen LogP contribution in [0.5, 0.6) is 0 Å². The summed E-state index contributed by atoms with van der Waals surface area (Å²) in [6, 6.07) is 8.50. The Hall–Kier alpha value is -2.83. The van der Waals surface area contributed by atoms with Gasteiger partial charge < -0.3 is 16.0 Å². The van der Waals surface area contributed by atoms with Gasteiger partial charge in [0.15, 0.2) is 0 Å². The number of amides is 3. The molecule has 23 heavy (non-hydrogen) atoms. The predicted octanol–water partition coefficient (Wildman–Crippen LogP) is 2.37. The summed E-state index contributed by atoms with van der Waals surface area (Å²) in [6.45, 7) is 1.78. The van der Waals surface area contributed by atoms with Crippen LogP contribution in [0.4, 0.5) is 16.2 Å². The van der Waals surface area contributed by atoms with Crippen molar-refractivity contribution in [2.75, 3.05) is 10.6 Å². The molecule has 0 bridgehead atoms. The smallest absolute Gasteiger partial charge is 0.319 e. The molecule has 0 aliphatic heterocycles. The zero-order chi connectivity index (χ0) is 16.2. The number of nitrogens with one attached hydrogen (secondary N) is 3. The molecule has 3 rings (SSSR count). The van der Waals surface area contributed by atoms with Gasteiger partial charge in [-0.05, 0) is 50.1 Å². The van der Waals surface area contributed by atoms with Crippen molar-refractivity contribution in [3.63, 3.8) is 0 Å². The standard InChI is InChI=1S/C16H19N5O2/c1-11(21-10-2-9-17-21)15(22)18-12-3-5-13(6-4-12)19-16(23)20-14-7-8-14/h2-6,9-11,14H,7-8H2,1H3,(H,18,22)(H2,19,20,23). The lowest BCUT2D eigenvalue weighted by Crippen LogP contribution is -2.30. The Morgan fingerprint density at radius 1 is 1.17 bits per heavy atom. The maximum absolute atomic E-state index is 12.2. The topological polar surface area (TPSA) is 88.0 Å². The first kappa shape index (κ1) is 15.1. The maximum Gasteiger partial charge on any atom is 0.319 e. The molecule has 1 saturated carbocycles. The van der Waals surface area contributed by atoms with Crippen molar-refractivity contribution in [2.45, 2.75) is 31.8 Å². The van der Waals surface area contributed by atoms with E-state index in [0.29, 0.717) is 17.4 Å². The molecule has 7 nitrogen and oxygen atoms in total. The maximum atomic E-state index is 12.2. The molecule has 0 radical (unpaired) electrons. The van der Waals surface area contributed by atoms with Gasteiger partial charge in [0.25, 0.3) is 0 Å².